The van der Waals surface area contributed by atoms with Gasteiger partial charge in [-0.05, 0) is 46.7 Å². The van der Waals surface area contributed by atoms with E-state index < -0.39 is 6.10 Å². The molecule has 0 spiro atoms. The van der Waals surface area contributed by atoms with Crippen LogP contribution in [0.15, 0.2) is 22.7 Å². The van der Waals surface area contributed by atoms with Gasteiger partial charge in [-0.3, -0.25) is 0 Å². The zero-order valence-corrected chi connectivity index (χ0v) is 10.2. The third-order valence-corrected chi connectivity index (χ3v) is 3.78. The summed E-state index contributed by atoms with van der Waals surface area (Å²) in [6, 6.07) is 5.06. The lowest BCUT2D eigenvalue weighted by atomic mass is 9.93. The van der Waals surface area contributed by atoms with E-state index in [2.05, 4.69) is 15.9 Å². The highest BCUT2D eigenvalue weighted by Gasteiger charge is 2.34. The van der Waals surface area contributed by atoms with E-state index in [9.17, 15) is 9.50 Å². The Morgan fingerprint density at radius 3 is 2.73 bits per heavy atom. The van der Waals surface area contributed by atoms with E-state index in [0.717, 1.165) is 12.8 Å². The fourth-order valence-corrected chi connectivity index (χ4v) is 2.29. The molecule has 0 saturated heterocycles. The number of benzene rings is 1. The van der Waals surface area contributed by atoms with Gasteiger partial charge in [0.1, 0.15) is 5.82 Å². The maximum absolute atomic E-state index is 13.7. The second-order valence-corrected chi connectivity index (χ2v) is 5.14. The molecule has 1 fully saturated rings. The Morgan fingerprint density at radius 1 is 1.47 bits per heavy atom. The minimum absolute atomic E-state index is 0.147. The smallest absolute Gasteiger partial charge is 0.143 e. The predicted octanol–water partition coefficient (Wildman–Crippen LogP) is 3.67. The first-order chi connectivity index (χ1) is 7.11. The average Bonchev–Trinajstić information content (AvgIpc) is 3.03. The molecule has 0 radical (unpaired) electrons. The van der Waals surface area contributed by atoms with Crippen molar-refractivity contribution in [2.45, 2.75) is 25.9 Å². The number of aliphatic hydroxyl groups is 1. The molecule has 0 heterocycles. The molecule has 15 heavy (non-hydrogen) atoms. The van der Waals surface area contributed by atoms with Crippen molar-refractivity contribution in [1.29, 1.82) is 0 Å². The summed E-state index contributed by atoms with van der Waals surface area (Å²) in [5.41, 5.74) is 0.406. The van der Waals surface area contributed by atoms with E-state index >= 15 is 0 Å². The minimum atomic E-state index is -0.685. The zero-order chi connectivity index (χ0) is 11.0. The van der Waals surface area contributed by atoms with Gasteiger partial charge >= 0.3 is 0 Å². The highest BCUT2D eigenvalue weighted by molar-refractivity contribution is 9.10. The largest absolute Gasteiger partial charge is 0.388 e. The Balaban J connectivity index is 2.24. The molecular formula is C12H14BrFO. The topological polar surface area (TPSA) is 20.2 Å². The first-order valence-electron chi connectivity index (χ1n) is 5.23. The lowest BCUT2D eigenvalue weighted by Gasteiger charge is -2.19. The standard InChI is InChI=1S/C12H14BrFO/c1-7(8-5-6-8)12(15)9-3-2-4-10(13)11(9)14/h2-4,7-8,12,15H,5-6H2,1H3. The van der Waals surface area contributed by atoms with E-state index in [-0.39, 0.29) is 11.7 Å². The summed E-state index contributed by atoms with van der Waals surface area (Å²) in [4.78, 5) is 0. The maximum Gasteiger partial charge on any atom is 0.143 e. The van der Waals surface area contributed by atoms with Crippen molar-refractivity contribution >= 4 is 15.9 Å². The molecular weight excluding hydrogens is 259 g/mol. The van der Waals surface area contributed by atoms with E-state index in [1.165, 1.54) is 0 Å². The Kier molecular flexibility index (Phi) is 3.12. The van der Waals surface area contributed by atoms with Crippen LogP contribution in [-0.4, -0.2) is 5.11 Å². The monoisotopic (exact) mass is 272 g/mol. The molecule has 1 aliphatic rings. The molecule has 2 unspecified atom stereocenters. The summed E-state index contributed by atoms with van der Waals surface area (Å²) in [6.07, 6.45) is 1.64. The van der Waals surface area contributed by atoms with Crippen LogP contribution in [-0.2, 0) is 0 Å². The van der Waals surface area contributed by atoms with E-state index in [1.807, 2.05) is 6.92 Å². The summed E-state index contributed by atoms with van der Waals surface area (Å²) in [7, 11) is 0. The summed E-state index contributed by atoms with van der Waals surface area (Å²) >= 11 is 3.13. The van der Waals surface area contributed by atoms with Gasteiger partial charge in [-0.25, -0.2) is 4.39 Å². The number of hydrogen-bond acceptors (Lipinski definition) is 1. The van der Waals surface area contributed by atoms with Crippen molar-refractivity contribution in [3.8, 4) is 0 Å². The molecule has 1 nitrogen and oxygen atoms in total. The summed E-state index contributed by atoms with van der Waals surface area (Å²) in [5.74, 6) is 0.379. The van der Waals surface area contributed by atoms with Crippen LogP contribution < -0.4 is 0 Å². The van der Waals surface area contributed by atoms with Crippen LogP contribution in [0, 0.1) is 17.7 Å². The number of aliphatic hydroxyl groups excluding tert-OH is 1. The molecule has 1 aliphatic carbocycles. The first kappa shape index (κ1) is 11.1. The molecule has 2 atom stereocenters. The Bertz CT molecular complexity index is 363. The third-order valence-electron chi connectivity index (χ3n) is 3.16. The maximum atomic E-state index is 13.7. The van der Waals surface area contributed by atoms with E-state index in [4.69, 9.17) is 0 Å². The van der Waals surface area contributed by atoms with Crippen LogP contribution in [0.3, 0.4) is 0 Å². The van der Waals surface area contributed by atoms with Gasteiger partial charge in [-0.1, -0.05) is 19.1 Å². The normalized spacial score (nSPS) is 20.0. The van der Waals surface area contributed by atoms with Gasteiger partial charge in [0.05, 0.1) is 10.6 Å². The summed E-state index contributed by atoms with van der Waals surface area (Å²) in [5, 5.41) is 10.0. The van der Waals surface area contributed by atoms with Crippen molar-refractivity contribution in [3.63, 3.8) is 0 Å². The SMILES string of the molecule is CC(C1CC1)C(O)c1cccc(Br)c1F. The average molecular weight is 273 g/mol. The van der Waals surface area contributed by atoms with Gasteiger partial charge in [-0.15, -0.1) is 0 Å². The van der Waals surface area contributed by atoms with Crippen molar-refractivity contribution in [2.75, 3.05) is 0 Å². The van der Waals surface area contributed by atoms with Crippen LogP contribution in [0.25, 0.3) is 0 Å². The molecule has 1 saturated carbocycles. The molecule has 82 valence electrons. The molecule has 0 amide bonds. The second kappa shape index (κ2) is 4.22. The third kappa shape index (κ3) is 2.23. The van der Waals surface area contributed by atoms with Gasteiger partial charge in [0, 0.05) is 5.56 Å². The highest BCUT2D eigenvalue weighted by Crippen LogP contribution is 2.43. The number of halogens is 2. The first-order valence-corrected chi connectivity index (χ1v) is 6.02. The van der Waals surface area contributed by atoms with Gasteiger partial charge in [-0.2, -0.15) is 0 Å². The van der Waals surface area contributed by atoms with Crippen LogP contribution in [0.4, 0.5) is 4.39 Å². The van der Waals surface area contributed by atoms with Crippen molar-refractivity contribution < 1.29 is 9.50 Å². The van der Waals surface area contributed by atoms with E-state index in [0.29, 0.717) is 16.0 Å². The molecule has 0 aromatic heterocycles. The Morgan fingerprint density at radius 2 is 2.13 bits per heavy atom. The quantitative estimate of drug-likeness (QED) is 0.890. The van der Waals surface area contributed by atoms with Crippen LogP contribution in [0.5, 0.6) is 0 Å². The lowest BCUT2D eigenvalue weighted by Crippen LogP contribution is -2.12. The Hall–Kier alpha value is -0.410. The molecule has 0 aliphatic heterocycles. The summed E-state index contributed by atoms with van der Waals surface area (Å²) in [6.45, 7) is 1.99. The van der Waals surface area contributed by atoms with Crippen molar-refractivity contribution in [3.05, 3.63) is 34.1 Å². The number of rotatable bonds is 3. The van der Waals surface area contributed by atoms with Gasteiger partial charge in [0.25, 0.3) is 0 Å². The molecule has 1 aromatic rings. The van der Waals surface area contributed by atoms with Gasteiger partial charge in [0.15, 0.2) is 0 Å². The minimum Gasteiger partial charge on any atom is -0.388 e. The predicted molar refractivity (Wildman–Crippen MR) is 60.9 cm³/mol. The Labute approximate surface area is 97.4 Å². The van der Waals surface area contributed by atoms with Crippen molar-refractivity contribution in [2.24, 2.45) is 11.8 Å². The molecule has 3 heteroatoms. The fourth-order valence-electron chi connectivity index (χ4n) is 1.91. The highest BCUT2D eigenvalue weighted by atomic mass is 79.9. The number of hydrogen-bond donors (Lipinski definition) is 1. The molecule has 1 aromatic carbocycles. The molecule has 2 rings (SSSR count). The van der Waals surface area contributed by atoms with Crippen LogP contribution >= 0.6 is 15.9 Å². The van der Waals surface area contributed by atoms with E-state index in [1.54, 1.807) is 18.2 Å². The summed E-state index contributed by atoms with van der Waals surface area (Å²) < 4.78 is 14.1. The van der Waals surface area contributed by atoms with Crippen molar-refractivity contribution in [1.82, 2.24) is 0 Å². The van der Waals surface area contributed by atoms with Gasteiger partial charge in [0.2, 0.25) is 0 Å². The van der Waals surface area contributed by atoms with Gasteiger partial charge < -0.3 is 5.11 Å². The van der Waals surface area contributed by atoms with Crippen LogP contribution in [0.1, 0.15) is 31.4 Å². The molecule has 1 N–H and O–H groups in total. The zero-order valence-electron chi connectivity index (χ0n) is 8.58. The van der Waals surface area contributed by atoms with Crippen LogP contribution in [0.2, 0.25) is 0 Å². The fraction of sp³-hybridized carbons (Fsp3) is 0.500. The lowest BCUT2D eigenvalue weighted by molar-refractivity contribution is 0.102. The second-order valence-electron chi connectivity index (χ2n) is 4.28. The molecule has 0 bridgehead atoms.